The van der Waals surface area contributed by atoms with Gasteiger partial charge in [0.2, 0.25) is 0 Å². The summed E-state index contributed by atoms with van der Waals surface area (Å²) in [5.74, 6) is 1.37. The number of nitrogens with two attached hydrogens (primary N) is 1. The first-order valence-electron chi connectivity index (χ1n) is 5.36. The van der Waals surface area contributed by atoms with Crippen LogP contribution in [0.3, 0.4) is 0 Å². The van der Waals surface area contributed by atoms with Crippen LogP contribution in [0.4, 0.5) is 5.69 Å². The fourth-order valence-corrected chi connectivity index (χ4v) is 1.27. The maximum absolute atomic E-state index is 5.85. The number of hydrogen-bond acceptors (Lipinski definition) is 2. The Morgan fingerprint density at radius 1 is 1.38 bits per heavy atom. The Bertz CT molecular complexity index is 346. The summed E-state index contributed by atoms with van der Waals surface area (Å²) in [6.07, 6.45) is 0.997. The van der Waals surface area contributed by atoms with Gasteiger partial charge in [-0.3, -0.25) is 4.99 Å². The van der Waals surface area contributed by atoms with Crippen molar-refractivity contribution in [2.24, 2.45) is 10.7 Å². The minimum absolute atomic E-state index is 0.534. The second kappa shape index (κ2) is 6.00. The number of ether oxygens (including phenoxy) is 1. The number of hydrogen-bond donors (Lipinski definition) is 1. The third-order valence-corrected chi connectivity index (χ3v) is 2.30. The molecule has 0 aliphatic carbocycles. The van der Waals surface area contributed by atoms with E-state index in [9.17, 15) is 0 Å². The van der Waals surface area contributed by atoms with Gasteiger partial charge in [0.25, 0.3) is 0 Å². The molecular formula is C12H19N3O. The summed E-state index contributed by atoms with van der Waals surface area (Å²) < 4.78 is 5.09. The summed E-state index contributed by atoms with van der Waals surface area (Å²) in [5.41, 5.74) is 6.85. The van der Waals surface area contributed by atoms with Crippen LogP contribution in [0.5, 0.6) is 5.75 Å². The molecule has 0 unspecified atom stereocenters. The summed E-state index contributed by atoms with van der Waals surface area (Å²) in [6, 6.07) is 7.71. The van der Waals surface area contributed by atoms with Crippen molar-refractivity contribution in [2.75, 3.05) is 25.6 Å². The van der Waals surface area contributed by atoms with Crippen molar-refractivity contribution in [3.8, 4) is 5.75 Å². The van der Waals surface area contributed by atoms with Crippen molar-refractivity contribution in [1.82, 2.24) is 0 Å². The number of benzene rings is 1. The minimum Gasteiger partial charge on any atom is -0.497 e. The monoisotopic (exact) mass is 221 g/mol. The third kappa shape index (κ3) is 3.15. The molecule has 2 N–H and O–H groups in total. The molecule has 0 aliphatic rings. The molecular weight excluding hydrogens is 202 g/mol. The molecule has 1 rings (SSSR count). The van der Waals surface area contributed by atoms with Crippen molar-refractivity contribution >= 4 is 11.6 Å². The second-order valence-corrected chi connectivity index (χ2v) is 3.50. The molecule has 0 aliphatic heterocycles. The lowest BCUT2D eigenvalue weighted by Gasteiger charge is -2.18. The lowest BCUT2D eigenvalue weighted by atomic mass is 10.3. The number of rotatable bonds is 4. The fourth-order valence-electron chi connectivity index (χ4n) is 1.27. The molecule has 1 aromatic rings. The van der Waals surface area contributed by atoms with Gasteiger partial charge in [0.05, 0.1) is 7.11 Å². The average Bonchev–Trinajstić information content (AvgIpc) is 2.35. The number of anilines is 1. The van der Waals surface area contributed by atoms with E-state index < -0.39 is 0 Å². The van der Waals surface area contributed by atoms with Gasteiger partial charge in [0.1, 0.15) is 5.75 Å². The standard InChI is InChI=1S/C12H19N3O/c1-4-9-14-12(13)15(2)10-5-7-11(16-3)8-6-10/h5-8H,4,9H2,1-3H3,(H2,13,14). The third-order valence-electron chi connectivity index (χ3n) is 2.30. The molecule has 0 saturated carbocycles. The first kappa shape index (κ1) is 12.4. The summed E-state index contributed by atoms with van der Waals surface area (Å²) in [5, 5.41) is 0. The highest BCUT2D eigenvalue weighted by molar-refractivity contribution is 5.94. The van der Waals surface area contributed by atoms with Crippen LogP contribution >= 0.6 is 0 Å². The van der Waals surface area contributed by atoms with E-state index in [1.165, 1.54) is 0 Å². The van der Waals surface area contributed by atoms with E-state index in [2.05, 4.69) is 11.9 Å². The van der Waals surface area contributed by atoms with Gasteiger partial charge in [-0.05, 0) is 30.7 Å². The van der Waals surface area contributed by atoms with Gasteiger partial charge in [-0.15, -0.1) is 0 Å². The Balaban J connectivity index is 2.75. The highest BCUT2D eigenvalue weighted by atomic mass is 16.5. The highest BCUT2D eigenvalue weighted by Crippen LogP contribution is 2.17. The van der Waals surface area contributed by atoms with Gasteiger partial charge < -0.3 is 15.4 Å². The summed E-state index contributed by atoms with van der Waals surface area (Å²) in [6.45, 7) is 2.83. The van der Waals surface area contributed by atoms with Crippen LogP contribution in [0.1, 0.15) is 13.3 Å². The van der Waals surface area contributed by atoms with Gasteiger partial charge in [-0.1, -0.05) is 6.92 Å². The predicted octanol–water partition coefficient (Wildman–Crippen LogP) is 1.86. The highest BCUT2D eigenvalue weighted by Gasteiger charge is 2.04. The molecule has 0 atom stereocenters. The Morgan fingerprint density at radius 2 is 2.00 bits per heavy atom. The molecule has 4 nitrogen and oxygen atoms in total. The molecule has 1 aromatic carbocycles. The Labute approximate surface area is 96.7 Å². The van der Waals surface area contributed by atoms with Gasteiger partial charge >= 0.3 is 0 Å². The Morgan fingerprint density at radius 3 is 2.50 bits per heavy atom. The first-order chi connectivity index (χ1) is 7.69. The van der Waals surface area contributed by atoms with E-state index in [1.54, 1.807) is 7.11 Å². The lowest BCUT2D eigenvalue weighted by molar-refractivity contribution is 0.415. The molecule has 0 heterocycles. The normalized spacial score (nSPS) is 11.3. The number of methoxy groups -OCH3 is 1. The molecule has 88 valence electrons. The van der Waals surface area contributed by atoms with Crippen molar-refractivity contribution in [3.63, 3.8) is 0 Å². The first-order valence-corrected chi connectivity index (χ1v) is 5.36. The molecule has 16 heavy (non-hydrogen) atoms. The SMILES string of the molecule is CCCN=C(N)N(C)c1ccc(OC)cc1. The predicted molar refractivity (Wildman–Crippen MR) is 68.2 cm³/mol. The second-order valence-electron chi connectivity index (χ2n) is 3.50. The topological polar surface area (TPSA) is 50.8 Å². The van der Waals surface area contributed by atoms with Crippen LogP contribution in [0, 0.1) is 0 Å². The molecule has 0 fully saturated rings. The van der Waals surface area contributed by atoms with E-state index in [1.807, 2.05) is 36.2 Å². The van der Waals surface area contributed by atoms with Crippen molar-refractivity contribution < 1.29 is 4.74 Å². The molecule has 0 spiro atoms. The van der Waals surface area contributed by atoms with Gasteiger partial charge in [-0.25, -0.2) is 0 Å². The van der Waals surface area contributed by atoms with E-state index in [0.717, 1.165) is 24.4 Å². The molecule has 4 heteroatoms. The molecule has 0 saturated heterocycles. The minimum atomic E-state index is 0.534. The molecule has 0 radical (unpaired) electrons. The van der Waals surface area contributed by atoms with Crippen LogP contribution in [0.25, 0.3) is 0 Å². The van der Waals surface area contributed by atoms with Gasteiger partial charge in [-0.2, -0.15) is 0 Å². The van der Waals surface area contributed by atoms with Crippen molar-refractivity contribution in [1.29, 1.82) is 0 Å². The Hall–Kier alpha value is -1.71. The quantitative estimate of drug-likeness (QED) is 0.623. The number of guanidine groups is 1. The molecule has 0 aromatic heterocycles. The molecule has 0 bridgehead atoms. The molecule has 0 amide bonds. The van der Waals surface area contributed by atoms with Gasteiger partial charge in [0, 0.05) is 19.3 Å². The fraction of sp³-hybridized carbons (Fsp3) is 0.417. The smallest absolute Gasteiger partial charge is 0.195 e. The van der Waals surface area contributed by atoms with E-state index >= 15 is 0 Å². The summed E-state index contributed by atoms with van der Waals surface area (Å²) in [4.78, 5) is 6.11. The maximum atomic E-state index is 5.85. The van der Waals surface area contributed by atoms with Crippen LogP contribution < -0.4 is 15.4 Å². The average molecular weight is 221 g/mol. The largest absolute Gasteiger partial charge is 0.497 e. The zero-order valence-corrected chi connectivity index (χ0v) is 10.1. The van der Waals surface area contributed by atoms with E-state index in [0.29, 0.717) is 5.96 Å². The number of aliphatic imine (C=N–C) groups is 1. The van der Waals surface area contributed by atoms with Crippen molar-refractivity contribution in [3.05, 3.63) is 24.3 Å². The van der Waals surface area contributed by atoms with Gasteiger partial charge in [0.15, 0.2) is 5.96 Å². The zero-order chi connectivity index (χ0) is 12.0. The number of nitrogens with zero attached hydrogens (tertiary/aromatic N) is 2. The van der Waals surface area contributed by atoms with E-state index in [-0.39, 0.29) is 0 Å². The zero-order valence-electron chi connectivity index (χ0n) is 10.1. The van der Waals surface area contributed by atoms with Crippen LogP contribution in [-0.4, -0.2) is 26.7 Å². The Kier molecular flexibility index (Phi) is 4.64. The maximum Gasteiger partial charge on any atom is 0.195 e. The van der Waals surface area contributed by atoms with E-state index in [4.69, 9.17) is 10.5 Å². The van der Waals surface area contributed by atoms with Crippen LogP contribution in [0.15, 0.2) is 29.3 Å². The summed E-state index contributed by atoms with van der Waals surface area (Å²) >= 11 is 0. The van der Waals surface area contributed by atoms with Crippen molar-refractivity contribution in [2.45, 2.75) is 13.3 Å². The summed E-state index contributed by atoms with van der Waals surface area (Å²) in [7, 11) is 3.55. The lowest BCUT2D eigenvalue weighted by Crippen LogP contribution is -2.34. The van der Waals surface area contributed by atoms with Crippen LogP contribution in [-0.2, 0) is 0 Å². The van der Waals surface area contributed by atoms with Crippen LogP contribution in [0.2, 0.25) is 0 Å².